The molecule has 6 nitrogen and oxygen atoms in total. The molecule has 0 bridgehead atoms. The van der Waals surface area contributed by atoms with Gasteiger partial charge in [0.2, 0.25) is 0 Å². The SMILES string of the molecule is CCCOc1ccccc1[C@@H]1NC(=O)NC(C)=C1C(=O)O[C@@H]1CCC[C@H](C)C1. The van der Waals surface area contributed by atoms with E-state index in [0.717, 1.165) is 31.2 Å². The van der Waals surface area contributed by atoms with E-state index in [1.165, 1.54) is 6.42 Å². The Labute approximate surface area is 166 Å². The Morgan fingerprint density at radius 2 is 2.04 bits per heavy atom. The number of hydrogen-bond acceptors (Lipinski definition) is 4. The molecule has 0 saturated heterocycles. The number of urea groups is 1. The molecule has 1 saturated carbocycles. The second-order valence-corrected chi connectivity index (χ2v) is 7.76. The van der Waals surface area contributed by atoms with Crippen LogP contribution < -0.4 is 15.4 Å². The van der Waals surface area contributed by atoms with Gasteiger partial charge in [-0.25, -0.2) is 9.59 Å². The molecule has 2 amide bonds. The summed E-state index contributed by atoms with van der Waals surface area (Å²) in [5.41, 5.74) is 1.72. The summed E-state index contributed by atoms with van der Waals surface area (Å²) in [6, 6.07) is 6.56. The number of amides is 2. The van der Waals surface area contributed by atoms with Crippen LogP contribution in [-0.2, 0) is 9.53 Å². The lowest BCUT2D eigenvalue weighted by Gasteiger charge is -2.31. The predicted molar refractivity (Wildman–Crippen MR) is 107 cm³/mol. The van der Waals surface area contributed by atoms with Gasteiger partial charge in [0, 0.05) is 11.3 Å². The number of para-hydroxylation sites is 1. The molecule has 1 aliphatic carbocycles. The first-order chi connectivity index (χ1) is 13.5. The van der Waals surface area contributed by atoms with Crippen molar-refractivity contribution in [2.75, 3.05) is 6.61 Å². The molecule has 6 heteroatoms. The summed E-state index contributed by atoms with van der Waals surface area (Å²) < 4.78 is 11.7. The fourth-order valence-corrected chi connectivity index (χ4v) is 3.96. The summed E-state index contributed by atoms with van der Waals surface area (Å²) in [6.45, 7) is 6.53. The molecule has 3 atom stereocenters. The van der Waals surface area contributed by atoms with Crippen LogP contribution in [0, 0.1) is 5.92 Å². The number of nitrogens with one attached hydrogen (secondary N) is 2. The smallest absolute Gasteiger partial charge is 0.338 e. The van der Waals surface area contributed by atoms with Crippen LogP contribution in [0.2, 0.25) is 0 Å². The van der Waals surface area contributed by atoms with Gasteiger partial charge in [0.05, 0.1) is 18.2 Å². The van der Waals surface area contributed by atoms with Crippen LogP contribution in [0.1, 0.15) is 64.5 Å². The van der Waals surface area contributed by atoms with Crippen molar-refractivity contribution in [2.24, 2.45) is 5.92 Å². The van der Waals surface area contributed by atoms with Gasteiger partial charge in [-0.2, -0.15) is 0 Å². The van der Waals surface area contributed by atoms with E-state index in [-0.39, 0.29) is 18.1 Å². The van der Waals surface area contributed by atoms with Crippen LogP contribution in [0.5, 0.6) is 5.75 Å². The van der Waals surface area contributed by atoms with Gasteiger partial charge in [-0.3, -0.25) is 0 Å². The summed E-state index contributed by atoms with van der Waals surface area (Å²) >= 11 is 0. The van der Waals surface area contributed by atoms with Gasteiger partial charge in [-0.05, 0) is 44.6 Å². The highest BCUT2D eigenvalue weighted by atomic mass is 16.5. The molecule has 1 heterocycles. The van der Waals surface area contributed by atoms with Gasteiger partial charge in [0.1, 0.15) is 11.9 Å². The molecule has 28 heavy (non-hydrogen) atoms. The Morgan fingerprint density at radius 1 is 1.25 bits per heavy atom. The molecule has 0 unspecified atom stereocenters. The molecule has 1 fully saturated rings. The zero-order chi connectivity index (χ0) is 20.1. The highest BCUT2D eigenvalue weighted by Gasteiger charge is 2.35. The molecule has 3 rings (SSSR count). The van der Waals surface area contributed by atoms with Crippen molar-refractivity contribution >= 4 is 12.0 Å². The number of carbonyl (C=O) groups is 2. The Bertz CT molecular complexity index is 759. The largest absolute Gasteiger partial charge is 0.493 e. The van der Waals surface area contributed by atoms with Crippen molar-refractivity contribution in [1.82, 2.24) is 10.6 Å². The van der Waals surface area contributed by atoms with E-state index in [2.05, 4.69) is 17.6 Å². The Balaban J connectivity index is 1.88. The predicted octanol–water partition coefficient (Wildman–Crippen LogP) is 4.23. The molecule has 1 aromatic rings. The molecule has 2 aliphatic rings. The number of rotatable bonds is 6. The lowest BCUT2D eigenvalue weighted by molar-refractivity contribution is -0.146. The number of carbonyl (C=O) groups excluding carboxylic acids is 2. The van der Waals surface area contributed by atoms with Crippen molar-refractivity contribution in [3.8, 4) is 5.75 Å². The van der Waals surface area contributed by atoms with E-state index in [1.807, 2.05) is 31.2 Å². The fraction of sp³-hybridized carbons (Fsp3) is 0.545. The van der Waals surface area contributed by atoms with Crippen molar-refractivity contribution in [2.45, 2.75) is 65.0 Å². The van der Waals surface area contributed by atoms with Gasteiger partial charge in [-0.1, -0.05) is 38.5 Å². The second-order valence-electron chi connectivity index (χ2n) is 7.76. The average Bonchev–Trinajstić information content (AvgIpc) is 2.66. The third-order valence-electron chi connectivity index (χ3n) is 5.34. The summed E-state index contributed by atoms with van der Waals surface area (Å²) in [6.07, 6.45) is 4.83. The summed E-state index contributed by atoms with van der Waals surface area (Å²) in [5.74, 6) is 0.852. The molecular formula is C22H30N2O4. The lowest BCUT2D eigenvalue weighted by atomic mass is 9.88. The van der Waals surface area contributed by atoms with Crippen LogP contribution in [0.3, 0.4) is 0 Å². The molecule has 2 N–H and O–H groups in total. The van der Waals surface area contributed by atoms with Crippen molar-refractivity contribution in [3.05, 3.63) is 41.1 Å². The summed E-state index contributed by atoms with van der Waals surface area (Å²) in [5, 5.41) is 5.57. The van der Waals surface area contributed by atoms with Crippen LogP contribution in [0.25, 0.3) is 0 Å². The quantitative estimate of drug-likeness (QED) is 0.718. The summed E-state index contributed by atoms with van der Waals surface area (Å²) in [7, 11) is 0. The van der Waals surface area contributed by atoms with Crippen LogP contribution in [0.4, 0.5) is 4.79 Å². The van der Waals surface area contributed by atoms with E-state index in [9.17, 15) is 9.59 Å². The molecular weight excluding hydrogens is 356 g/mol. The van der Waals surface area contributed by atoms with Gasteiger partial charge in [-0.15, -0.1) is 0 Å². The summed E-state index contributed by atoms with van der Waals surface area (Å²) in [4.78, 5) is 25.2. The fourth-order valence-electron chi connectivity index (χ4n) is 3.96. The van der Waals surface area contributed by atoms with E-state index in [4.69, 9.17) is 9.47 Å². The van der Waals surface area contributed by atoms with Crippen LogP contribution in [0.15, 0.2) is 35.5 Å². The normalized spacial score (nSPS) is 25.0. The van der Waals surface area contributed by atoms with Gasteiger partial charge >= 0.3 is 12.0 Å². The molecule has 152 valence electrons. The van der Waals surface area contributed by atoms with E-state index in [0.29, 0.717) is 29.5 Å². The minimum absolute atomic E-state index is 0.0681. The average molecular weight is 386 g/mol. The monoisotopic (exact) mass is 386 g/mol. The topological polar surface area (TPSA) is 76.7 Å². The number of esters is 1. The minimum Gasteiger partial charge on any atom is -0.493 e. The van der Waals surface area contributed by atoms with Gasteiger partial charge in [0.25, 0.3) is 0 Å². The van der Waals surface area contributed by atoms with Crippen molar-refractivity contribution < 1.29 is 19.1 Å². The van der Waals surface area contributed by atoms with Gasteiger partial charge in [0.15, 0.2) is 0 Å². The van der Waals surface area contributed by atoms with Crippen LogP contribution >= 0.6 is 0 Å². The lowest BCUT2D eigenvalue weighted by Crippen LogP contribution is -2.45. The van der Waals surface area contributed by atoms with Crippen LogP contribution in [-0.4, -0.2) is 24.7 Å². The molecule has 0 spiro atoms. The Morgan fingerprint density at radius 3 is 2.79 bits per heavy atom. The van der Waals surface area contributed by atoms with E-state index >= 15 is 0 Å². The van der Waals surface area contributed by atoms with E-state index < -0.39 is 6.04 Å². The number of benzene rings is 1. The Hall–Kier alpha value is -2.50. The third kappa shape index (κ3) is 4.66. The standard InChI is InChI=1S/C22H30N2O4/c1-4-12-27-18-11-6-5-10-17(18)20-19(15(3)23-22(26)24-20)21(25)28-16-9-7-8-14(2)13-16/h5-6,10-11,14,16,20H,4,7-9,12-13H2,1-3H3,(H2,23,24,26)/t14-,16+,20-/m0/s1. The number of allylic oxidation sites excluding steroid dienone is 1. The van der Waals surface area contributed by atoms with Crippen molar-refractivity contribution in [3.63, 3.8) is 0 Å². The van der Waals surface area contributed by atoms with E-state index in [1.54, 1.807) is 6.92 Å². The zero-order valence-electron chi connectivity index (χ0n) is 16.9. The maximum atomic E-state index is 13.1. The highest BCUT2D eigenvalue weighted by molar-refractivity contribution is 5.95. The maximum Gasteiger partial charge on any atom is 0.338 e. The Kier molecular flexibility index (Phi) is 6.60. The van der Waals surface area contributed by atoms with Crippen molar-refractivity contribution in [1.29, 1.82) is 0 Å². The number of hydrogen-bond donors (Lipinski definition) is 2. The second kappa shape index (κ2) is 9.13. The molecule has 1 aliphatic heterocycles. The first-order valence-corrected chi connectivity index (χ1v) is 10.2. The first kappa shape index (κ1) is 20.2. The molecule has 0 aromatic heterocycles. The molecule has 1 aromatic carbocycles. The zero-order valence-corrected chi connectivity index (χ0v) is 16.9. The molecule has 0 radical (unpaired) electrons. The first-order valence-electron chi connectivity index (χ1n) is 10.2. The third-order valence-corrected chi connectivity index (χ3v) is 5.34. The van der Waals surface area contributed by atoms with Gasteiger partial charge < -0.3 is 20.1 Å². The maximum absolute atomic E-state index is 13.1. The minimum atomic E-state index is -0.602. The number of ether oxygens (including phenoxy) is 2. The highest BCUT2D eigenvalue weighted by Crippen LogP contribution is 2.35.